The van der Waals surface area contributed by atoms with Crippen LogP contribution in [0.15, 0.2) is 0 Å². The normalized spacial score (nSPS) is 38.1. The Morgan fingerprint density at radius 2 is 2.25 bits per heavy atom. The molecular weight excluding hydrogens is 196 g/mol. The van der Waals surface area contributed by atoms with Crippen molar-refractivity contribution >= 4 is 27.2 Å². The van der Waals surface area contributed by atoms with Crippen LogP contribution in [-0.4, -0.2) is 49.1 Å². The van der Waals surface area contributed by atoms with Crippen molar-refractivity contribution in [3.05, 3.63) is 0 Å². The third kappa shape index (κ3) is 1.09. The van der Waals surface area contributed by atoms with Crippen LogP contribution in [0.4, 0.5) is 0 Å². The smallest absolute Gasteiger partial charge is 0.169 e. The van der Waals surface area contributed by atoms with Gasteiger partial charge in [0.25, 0.3) is 0 Å². The molecule has 0 aromatic carbocycles. The van der Waals surface area contributed by atoms with Gasteiger partial charge in [-0.15, -0.1) is 0 Å². The molecule has 2 unspecified atom stereocenters. The van der Waals surface area contributed by atoms with Crippen LogP contribution in [0.1, 0.15) is 0 Å². The van der Waals surface area contributed by atoms with E-state index in [0.717, 1.165) is 0 Å². The molecule has 4 nitrogen and oxygen atoms in total. The zero-order chi connectivity index (χ0) is 8.93. The number of hydrogen-bond acceptors (Lipinski definition) is 3. The Kier molecular flexibility index (Phi) is 1.60. The SMILES string of the molecule is CN1C(=S)NC2CS(=O)(=O)CC21. The fraction of sp³-hybridized carbons (Fsp3) is 0.833. The van der Waals surface area contributed by atoms with Crippen LogP contribution < -0.4 is 5.32 Å². The molecule has 0 spiro atoms. The third-order valence-corrected chi connectivity index (χ3v) is 4.57. The van der Waals surface area contributed by atoms with Crippen molar-refractivity contribution in [3.8, 4) is 0 Å². The Bertz CT molecular complexity index is 324. The lowest BCUT2D eigenvalue weighted by molar-refractivity contribution is 0.416. The van der Waals surface area contributed by atoms with Crippen LogP contribution in [0.25, 0.3) is 0 Å². The average molecular weight is 206 g/mol. The maximum atomic E-state index is 11.2. The van der Waals surface area contributed by atoms with Gasteiger partial charge in [-0.2, -0.15) is 0 Å². The summed E-state index contributed by atoms with van der Waals surface area (Å²) in [7, 11) is -0.991. The molecule has 0 saturated carbocycles. The fourth-order valence-corrected chi connectivity index (χ4v) is 4.01. The molecule has 1 N–H and O–H groups in total. The van der Waals surface area contributed by atoms with Crippen LogP contribution in [0.5, 0.6) is 0 Å². The molecule has 2 heterocycles. The highest BCUT2D eigenvalue weighted by molar-refractivity contribution is 7.91. The molecule has 2 fully saturated rings. The van der Waals surface area contributed by atoms with E-state index in [1.54, 1.807) is 0 Å². The van der Waals surface area contributed by atoms with E-state index in [9.17, 15) is 8.42 Å². The second-order valence-corrected chi connectivity index (χ2v) is 5.85. The van der Waals surface area contributed by atoms with E-state index in [4.69, 9.17) is 12.2 Å². The first kappa shape index (κ1) is 8.25. The Balaban J connectivity index is 2.27. The summed E-state index contributed by atoms with van der Waals surface area (Å²) in [6.45, 7) is 0. The maximum absolute atomic E-state index is 11.2. The zero-order valence-electron chi connectivity index (χ0n) is 6.65. The minimum Gasteiger partial charge on any atom is -0.357 e. The molecule has 6 heteroatoms. The van der Waals surface area contributed by atoms with Gasteiger partial charge in [0, 0.05) is 7.05 Å². The fourth-order valence-electron chi connectivity index (χ4n) is 1.76. The molecule has 2 aliphatic heterocycles. The predicted octanol–water partition coefficient (Wildman–Crippen LogP) is -1.03. The van der Waals surface area contributed by atoms with Crippen LogP contribution in [0, 0.1) is 0 Å². The van der Waals surface area contributed by atoms with E-state index >= 15 is 0 Å². The summed E-state index contributed by atoms with van der Waals surface area (Å²) in [6, 6.07) is 0.0787. The molecule has 0 aromatic heterocycles. The highest BCUT2D eigenvalue weighted by Crippen LogP contribution is 2.22. The van der Waals surface area contributed by atoms with Gasteiger partial charge in [-0.1, -0.05) is 0 Å². The number of likely N-dealkylation sites (N-methyl/N-ethyl adjacent to an activating group) is 1. The van der Waals surface area contributed by atoms with Crippen molar-refractivity contribution in [2.45, 2.75) is 12.1 Å². The maximum Gasteiger partial charge on any atom is 0.169 e. The van der Waals surface area contributed by atoms with Gasteiger partial charge >= 0.3 is 0 Å². The number of nitrogens with zero attached hydrogens (tertiary/aromatic N) is 1. The highest BCUT2D eigenvalue weighted by atomic mass is 32.2. The van der Waals surface area contributed by atoms with E-state index in [-0.39, 0.29) is 23.6 Å². The van der Waals surface area contributed by atoms with Gasteiger partial charge in [-0.25, -0.2) is 8.42 Å². The molecule has 12 heavy (non-hydrogen) atoms. The first-order chi connectivity index (χ1) is 5.49. The number of sulfone groups is 1. The Morgan fingerprint density at radius 3 is 2.83 bits per heavy atom. The monoisotopic (exact) mass is 206 g/mol. The summed E-state index contributed by atoms with van der Waals surface area (Å²) in [4.78, 5) is 1.84. The van der Waals surface area contributed by atoms with E-state index in [2.05, 4.69) is 5.32 Å². The number of rotatable bonds is 0. The molecule has 2 rings (SSSR count). The van der Waals surface area contributed by atoms with E-state index in [1.807, 2.05) is 11.9 Å². The first-order valence-corrected chi connectivity index (χ1v) is 5.96. The highest BCUT2D eigenvalue weighted by Gasteiger charge is 2.45. The lowest BCUT2D eigenvalue weighted by Gasteiger charge is -2.15. The van der Waals surface area contributed by atoms with Gasteiger partial charge < -0.3 is 10.2 Å². The topological polar surface area (TPSA) is 49.4 Å². The second-order valence-electron chi connectivity index (χ2n) is 3.31. The number of nitrogens with one attached hydrogen (secondary N) is 1. The molecule has 0 amide bonds. The van der Waals surface area contributed by atoms with Gasteiger partial charge in [0.2, 0.25) is 0 Å². The molecule has 2 atom stereocenters. The summed E-state index contributed by atoms with van der Waals surface area (Å²) in [5, 5.41) is 3.67. The first-order valence-electron chi connectivity index (χ1n) is 3.73. The number of thiocarbonyl (C=S) groups is 1. The molecule has 0 aliphatic carbocycles. The zero-order valence-corrected chi connectivity index (χ0v) is 8.28. The Morgan fingerprint density at radius 1 is 1.58 bits per heavy atom. The minimum atomic E-state index is -2.83. The predicted molar refractivity (Wildman–Crippen MR) is 49.7 cm³/mol. The molecule has 2 saturated heterocycles. The third-order valence-electron chi connectivity index (χ3n) is 2.45. The van der Waals surface area contributed by atoms with E-state index < -0.39 is 9.84 Å². The molecule has 0 radical (unpaired) electrons. The van der Waals surface area contributed by atoms with Crippen molar-refractivity contribution in [3.63, 3.8) is 0 Å². The summed E-state index contributed by atoms with van der Waals surface area (Å²) in [6.07, 6.45) is 0. The Hall–Kier alpha value is -0.360. The largest absolute Gasteiger partial charge is 0.357 e. The van der Waals surface area contributed by atoms with Gasteiger partial charge in [0.05, 0.1) is 23.6 Å². The Labute approximate surface area is 76.8 Å². The van der Waals surface area contributed by atoms with Crippen molar-refractivity contribution < 1.29 is 8.42 Å². The molecule has 0 aromatic rings. The summed E-state index contributed by atoms with van der Waals surface area (Å²) >= 11 is 4.99. The van der Waals surface area contributed by atoms with Crippen LogP contribution in [-0.2, 0) is 9.84 Å². The van der Waals surface area contributed by atoms with Crippen molar-refractivity contribution in [2.24, 2.45) is 0 Å². The van der Waals surface area contributed by atoms with E-state index in [0.29, 0.717) is 5.11 Å². The van der Waals surface area contributed by atoms with Gasteiger partial charge in [0.1, 0.15) is 0 Å². The molecule has 0 bridgehead atoms. The molecule has 2 aliphatic rings. The van der Waals surface area contributed by atoms with Gasteiger partial charge in [-0.05, 0) is 12.2 Å². The molecular formula is C6H10N2O2S2. The lowest BCUT2D eigenvalue weighted by atomic mass is 10.2. The van der Waals surface area contributed by atoms with Crippen LogP contribution >= 0.6 is 12.2 Å². The van der Waals surface area contributed by atoms with E-state index in [1.165, 1.54) is 0 Å². The number of fused-ring (bicyclic) bond motifs is 1. The van der Waals surface area contributed by atoms with Crippen molar-refractivity contribution in [2.75, 3.05) is 18.6 Å². The standard InChI is InChI=1S/C6H10N2O2S2/c1-8-5-3-12(9,10)2-4(5)7-6(8)11/h4-5H,2-3H2,1H3,(H,7,11). The number of hydrogen-bond donors (Lipinski definition) is 1. The van der Waals surface area contributed by atoms with Gasteiger partial charge in [0.15, 0.2) is 14.9 Å². The molecule has 68 valence electrons. The second kappa shape index (κ2) is 2.32. The van der Waals surface area contributed by atoms with Crippen LogP contribution in [0.2, 0.25) is 0 Å². The lowest BCUT2D eigenvalue weighted by Crippen LogP contribution is -2.32. The minimum absolute atomic E-state index is 0.0208. The van der Waals surface area contributed by atoms with Crippen molar-refractivity contribution in [1.82, 2.24) is 10.2 Å². The van der Waals surface area contributed by atoms with Crippen LogP contribution in [0.3, 0.4) is 0 Å². The summed E-state index contributed by atoms with van der Waals surface area (Å²) in [5.41, 5.74) is 0. The van der Waals surface area contributed by atoms with Gasteiger partial charge in [-0.3, -0.25) is 0 Å². The average Bonchev–Trinajstić information content (AvgIpc) is 2.33. The summed E-state index contributed by atoms with van der Waals surface area (Å²) < 4.78 is 22.4. The quantitative estimate of drug-likeness (QED) is 0.514. The van der Waals surface area contributed by atoms with Crippen molar-refractivity contribution in [1.29, 1.82) is 0 Å². The summed E-state index contributed by atoms with van der Waals surface area (Å²) in [5.74, 6) is 0.462.